The monoisotopic (exact) mass is 340 g/mol. The summed E-state index contributed by atoms with van der Waals surface area (Å²) in [5.74, 6) is 0.427. The predicted molar refractivity (Wildman–Crippen MR) is 91.8 cm³/mol. The zero-order chi connectivity index (χ0) is 17.4. The van der Waals surface area contributed by atoms with Gasteiger partial charge in [-0.1, -0.05) is 6.92 Å². The number of rotatable bonds is 3. The van der Waals surface area contributed by atoms with Gasteiger partial charge in [0.25, 0.3) is 11.5 Å². The highest BCUT2D eigenvalue weighted by molar-refractivity contribution is 5.91. The molecule has 1 atom stereocenters. The lowest BCUT2D eigenvalue weighted by Gasteiger charge is -2.31. The molecular weight excluding hydrogens is 320 g/mol. The Morgan fingerprint density at radius 2 is 2.32 bits per heavy atom. The van der Waals surface area contributed by atoms with Crippen LogP contribution in [0, 0.1) is 0 Å². The lowest BCUT2D eigenvalue weighted by Crippen LogP contribution is -2.39. The Bertz CT molecular complexity index is 955. The van der Waals surface area contributed by atoms with Crippen LogP contribution in [0.15, 0.2) is 39.7 Å². The average molecular weight is 340 g/mol. The summed E-state index contributed by atoms with van der Waals surface area (Å²) in [6, 6.07) is 6.88. The summed E-state index contributed by atoms with van der Waals surface area (Å²) in [6.45, 7) is 3.29. The molecule has 130 valence electrons. The van der Waals surface area contributed by atoms with Gasteiger partial charge in [0.2, 0.25) is 0 Å². The molecule has 0 radical (unpaired) electrons. The van der Waals surface area contributed by atoms with E-state index in [9.17, 15) is 9.59 Å². The van der Waals surface area contributed by atoms with Gasteiger partial charge in [0, 0.05) is 42.5 Å². The topological polar surface area (TPSA) is 83.6 Å². The van der Waals surface area contributed by atoms with E-state index < -0.39 is 0 Å². The number of aromatic nitrogens is 3. The second-order valence-electron chi connectivity index (χ2n) is 6.41. The summed E-state index contributed by atoms with van der Waals surface area (Å²) in [5, 5.41) is 3.16. The number of aryl methyl sites for hydroxylation is 1. The number of aromatic amines is 1. The Kier molecular flexibility index (Phi) is 3.91. The zero-order valence-corrected chi connectivity index (χ0v) is 14.1. The van der Waals surface area contributed by atoms with Crippen LogP contribution in [0.2, 0.25) is 0 Å². The van der Waals surface area contributed by atoms with Crippen LogP contribution in [0.3, 0.4) is 0 Å². The molecule has 1 aliphatic rings. The van der Waals surface area contributed by atoms with Gasteiger partial charge in [-0.05, 0) is 31.4 Å². The number of hydrogen-bond donors (Lipinski definition) is 1. The number of piperidine rings is 1. The van der Waals surface area contributed by atoms with Crippen LogP contribution in [0.4, 0.5) is 0 Å². The van der Waals surface area contributed by atoms with Crippen LogP contribution in [-0.2, 0) is 6.42 Å². The molecule has 1 saturated heterocycles. The SMILES string of the molecule is CCc1cc(=O)n2[nH]c(C3CCCN(C(=O)c4ccco4)C3)cc2n1. The van der Waals surface area contributed by atoms with Crippen LogP contribution >= 0.6 is 0 Å². The first-order chi connectivity index (χ1) is 12.2. The molecule has 0 saturated carbocycles. The highest BCUT2D eigenvalue weighted by Gasteiger charge is 2.28. The van der Waals surface area contributed by atoms with Crippen molar-refractivity contribution in [3.63, 3.8) is 0 Å². The predicted octanol–water partition coefficient (Wildman–Crippen LogP) is 2.20. The van der Waals surface area contributed by atoms with Gasteiger partial charge < -0.3 is 9.32 Å². The highest BCUT2D eigenvalue weighted by Crippen LogP contribution is 2.27. The fourth-order valence-electron chi connectivity index (χ4n) is 3.42. The standard InChI is InChI=1S/C18H20N4O3/c1-2-13-9-17(23)22-16(19-13)10-14(20-22)12-5-3-7-21(11-12)18(24)15-6-4-8-25-15/h4,6,8-10,12,20H,2-3,5,7,11H2,1H3. The van der Waals surface area contributed by atoms with Crippen molar-refractivity contribution < 1.29 is 9.21 Å². The van der Waals surface area contributed by atoms with Crippen molar-refractivity contribution >= 4 is 11.6 Å². The van der Waals surface area contributed by atoms with Gasteiger partial charge in [0.05, 0.1) is 6.26 Å². The second kappa shape index (κ2) is 6.23. The fourth-order valence-corrected chi connectivity index (χ4v) is 3.42. The van der Waals surface area contributed by atoms with E-state index in [-0.39, 0.29) is 17.4 Å². The van der Waals surface area contributed by atoms with E-state index in [1.54, 1.807) is 18.2 Å². The minimum absolute atomic E-state index is 0.0885. The molecule has 1 unspecified atom stereocenters. The van der Waals surface area contributed by atoms with Gasteiger partial charge in [0.15, 0.2) is 11.4 Å². The van der Waals surface area contributed by atoms with E-state index in [2.05, 4.69) is 10.1 Å². The molecular formula is C18H20N4O3. The summed E-state index contributed by atoms with van der Waals surface area (Å²) >= 11 is 0. The smallest absolute Gasteiger partial charge is 0.289 e. The Morgan fingerprint density at radius 3 is 3.08 bits per heavy atom. The zero-order valence-electron chi connectivity index (χ0n) is 14.1. The first-order valence-corrected chi connectivity index (χ1v) is 8.60. The Hall–Kier alpha value is -2.83. The number of hydrogen-bond acceptors (Lipinski definition) is 4. The van der Waals surface area contributed by atoms with E-state index in [0.29, 0.717) is 24.5 Å². The molecule has 4 heterocycles. The van der Waals surface area contributed by atoms with Crippen molar-refractivity contribution in [2.24, 2.45) is 0 Å². The molecule has 0 aromatic carbocycles. The first kappa shape index (κ1) is 15.7. The molecule has 3 aromatic rings. The van der Waals surface area contributed by atoms with E-state index in [0.717, 1.165) is 30.7 Å². The van der Waals surface area contributed by atoms with Gasteiger partial charge in [-0.15, -0.1) is 0 Å². The summed E-state index contributed by atoms with van der Waals surface area (Å²) in [7, 11) is 0. The molecule has 0 aliphatic carbocycles. The molecule has 1 N–H and O–H groups in total. The number of nitrogens with zero attached hydrogens (tertiary/aromatic N) is 3. The van der Waals surface area contributed by atoms with E-state index >= 15 is 0 Å². The van der Waals surface area contributed by atoms with Gasteiger partial charge >= 0.3 is 0 Å². The van der Waals surface area contributed by atoms with Crippen LogP contribution in [0.1, 0.15) is 47.6 Å². The molecule has 0 bridgehead atoms. The number of carbonyl (C=O) groups is 1. The second-order valence-corrected chi connectivity index (χ2v) is 6.41. The molecule has 4 rings (SSSR count). The lowest BCUT2D eigenvalue weighted by atomic mass is 9.94. The van der Waals surface area contributed by atoms with Crippen molar-refractivity contribution in [3.8, 4) is 0 Å². The van der Waals surface area contributed by atoms with Crippen molar-refractivity contribution in [2.45, 2.75) is 32.1 Å². The summed E-state index contributed by atoms with van der Waals surface area (Å²) < 4.78 is 6.70. The number of carbonyl (C=O) groups excluding carboxylic acids is 1. The van der Waals surface area contributed by atoms with Crippen molar-refractivity contribution in [1.82, 2.24) is 19.5 Å². The molecule has 25 heavy (non-hydrogen) atoms. The number of nitrogens with one attached hydrogen (secondary N) is 1. The van der Waals surface area contributed by atoms with Crippen molar-refractivity contribution in [3.05, 3.63) is 58.0 Å². The third kappa shape index (κ3) is 2.86. The summed E-state index contributed by atoms with van der Waals surface area (Å²) in [4.78, 5) is 31.0. The maximum Gasteiger partial charge on any atom is 0.289 e. The van der Waals surface area contributed by atoms with Crippen LogP contribution in [0.5, 0.6) is 0 Å². The largest absolute Gasteiger partial charge is 0.459 e. The quantitative estimate of drug-likeness (QED) is 0.792. The van der Waals surface area contributed by atoms with Gasteiger partial charge in [0.1, 0.15) is 0 Å². The molecule has 3 aromatic heterocycles. The maximum atomic E-state index is 12.5. The van der Waals surface area contributed by atoms with Gasteiger partial charge in [-0.2, -0.15) is 0 Å². The number of fused-ring (bicyclic) bond motifs is 1. The molecule has 1 fully saturated rings. The van der Waals surface area contributed by atoms with E-state index in [1.807, 2.05) is 17.9 Å². The Morgan fingerprint density at radius 1 is 1.44 bits per heavy atom. The minimum Gasteiger partial charge on any atom is -0.459 e. The number of H-pyrrole nitrogens is 1. The maximum absolute atomic E-state index is 12.5. The summed E-state index contributed by atoms with van der Waals surface area (Å²) in [6.07, 6.45) is 4.11. The normalized spacial score (nSPS) is 18.0. The van der Waals surface area contributed by atoms with Crippen LogP contribution < -0.4 is 5.56 Å². The van der Waals surface area contributed by atoms with Gasteiger partial charge in [-0.3, -0.25) is 14.7 Å². The molecule has 1 aliphatic heterocycles. The molecule has 0 spiro atoms. The van der Waals surface area contributed by atoms with E-state index in [4.69, 9.17) is 4.42 Å². The third-order valence-electron chi connectivity index (χ3n) is 4.77. The highest BCUT2D eigenvalue weighted by atomic mass is 16.3. The van der Waals surface area contributed by atoms with Crippen molar-refractivity contribution in [2.75, 3.05) is 13.1 Å². The number of likely N-dealkylation sites (tertiary alicyclic amines) is 1. The number of amides is 1. The summed E-state index contributed by atoms with van der Waals surface area (Å²) in [5.41, 5.74) is 2.25. The Balaban J connectivity index is 1.61. The fraction of sp³-hybridized carbons (Fsp3) is 0.389. The molecule has 1 amide bonds. The average Bonchev–Trinajstić information content (AvgIpc) is 3.31. The molecule has 7 heteroatoms. The first-order valence-electron chi connectivity index (χ1n) is 8.60. The minimum atomic E-state index is -0.104. The van der Waals surface area contributed by atoms with Crippen molar-refractivity contribution in [1.29, 1.82) is 0 Å². The lowest BCUT2D eigenvalue weighted by molar-refractivity contribution is 0.0673. The van der Waals surface area contributed by atoms with Crippen LogP contribution in [0.25, 0.3) is 5.65 Å². The third-order valence-corrected chi connectivity index (χ3v) is 4.77. The van der Waals surface area contributed by atoms with E-state index in [1.165, 1.54) is 10.8 Å². The number of furan rings is 1. The van der Waals surface area contributed by atoms with Crippen LogP contribution in [-0.4, -0.2) is 38.5 Å². The Labute approximate surface area is 144 Å². The van der Waals surface area contributed by atoms with Gasteiger partial charge in [-0.25, -0.2) is 9.50 Å². The molecule has 7 nitrogen and oxygen atoms in total.